The van der Waals surface area contributed by atoms with Gasteiger partial charge in [-0.25, -0.2) is 9.18 Å². The molecule has 1 aromatic rings. The molecule has 8 heteroatoms. The van der Waals surface area contributed by atoms with E-state index in [9.17, 15) is 21.5 Å². The summed E-state index contributed by atoms with van der Waals surface area (Å²) in [5.41, 5.74) is -0.842. The molecule has 106 valence electrons. The van der Waals surface area contributed by atoms with Crippen LogP contribution in [0.15, 0.2) is 23.1 Å². The molecule has 0 saturated heterocycles. The third-order valence-electron chi connectivity index (χ3n) is 1.84. The topological polar surface area (TPSA) is 72.5 Å². The van der Waals surface area contributed by atoms with Crippen LogP contribution in [0.2, 0.25) is 0 Å². The van der Waals surface area contributed by atoms with Crippen LogP contribution in [0.5, 0.6) is 0 Å². The minimum Gasteiger partial charge on any atom is -0.444 e. The summed E-state index contributed by atoms with van der Waals surface area (Å²) in [5.74, 6) is -1.24. The van der Waals surface area contributed by atoms with E-state index in [1.807, 2.05) is 0 Å². The number of benzene rings is 1. The summed E-state index contributed by atoms with van der Waals surface area (Å²) in [5, 5.41) is 2.18. The van der Waals surface area contributed by atoms with E-state index in [1.165, 1.54) is 0 Å². The van der Waals surface area contributed by atoms with E-state index in [-0.39, 0.29) is 5.69 Å². The molecule has 1 rings (SSSR count). The maximum Gasteiger partial charge on any atom is 0.412 e. The van der Waals surface area contributed by atoms with Gasteiger partial charge in [0.1, 0.15) is 16.3 Å². The fraction of sp³-hybridized carbons (Fsp3) is 0.364. The maximum atomic E-state index is 13.1. The van der Waals surface area contributed by atoms with Crippen molar-refractivity contribution in [1.29, 1.82) is 0 Å². The van der Waals surface area contributed by atoms with Crippen LogP contribution >= 0.6 is 0 Å². The lowest BCUT2D eigenvalue weighted by Crippen LogP contribution is -2.27. The summed E-state index contributed by atoms with van der Waals surface area (Å²) in [6, 6.07) is 2.50. The molecule has 0 aliphatic carbocycles. The molecule has 0 unspecified atom stereocenters. The Balaban J connectivity index is 2.96. The predicted octanol–water partition coefficient (Wildman–Crippen LogP) is 2.83. The van der Waals surface area contributed by atoms with Crippen molar-refractivity contribution in [3.63, 3.8) is 0 Å². The molecule has 0 aliphatic rings. The van der Waals surface area contributed by atoms with Crippen LogP contribution in [0.25, 0.3) is 0 Å². The summed E-state index contributed by atoms with van der Waals surface area (Å²) in [6.45, 7) is 4.90. The van der Waals surface area contributed by atoms with Crippen LogP contribution in [-0.4, -0.2) is 20.1 Å². The van der Waals surface area contributed by atoms with Gasteiger partial charge in [-0.2, -0.15) is 8.42 Å². The van der Waals surface area contributed by atoms with Crippen molar-refractivity contribution in [3.05, 3.63) is 24.0 Å². The van der Waals surface area contributed by atoms with E-state index >= 15 is 0 Å². The Morgan fingerprint density at radius 1 is 1.32 bits per heavy atom. The Kier molecular flexibility index (Phi) is 4.14. The molecule has 0 aromatic heterocycles. The van der Waals surface area contributed by atoms with Crippen molar-refractivity contribution < 1.29 is 26.2 Å². The molecule has 0 radical (unpaired) electrons. The van der Waals surface area contributed by atoms with Gasteiger partial charge in [-0.1, -0.05) is 0 Å². The van der Waals surface area contributed by atoms with E-state index in [2.05, 4.69) is 5.32 Å². The van der Waals surface area contributed by atoms with Crippen LogP contribution in [0, 0.1) is 5.82 Å². The number of hydrogen-bond acceptors (Lipinski definition) is 4. The molecule has 19 heavy (non-hydrogen) atoms. The SMILES string of the molecule is CC(C)(C)OC(=O)Nc1ccc(F)c(S(=O)(=O)F)c1. The van der Waals surface area contributed by atoms with Crippen molar-refractivity contribution in [2.24, 2.45) is 0 Å². The first-order chi connectivity index (χ1) is 8.49. The van der Waals surface area contributed by atoms with E-state index in [4.69, 9.17) is 4.74 Å². The van der Waals surface area contributed by atoms with E-state index < -0.39 is 32.6 Å². The molecule has 0 bridgehead atoms. The Morgan fingerprint density at radius 3 is 2.37 bits per heavy atom. The normalized spacial score (nSPS) is 12.1. The van der Waals surface area contributed by atoms with Crippen molar-refractivity contribution in [2.75, 3.05) is 5.32 Å². The zero-order valence-electron chi connectivity index (χ0n) is 10.5. The van der Waals surface area contributed by atoms with Crippen molar-refractivity contribution in [1.82, 2.24) is 0 Å². The number of amides is 1. The number of carbonyl (C=O) groups excluding carboxylic acids is 1. The van der Waals surface area contributed by atoms with Crippen LogP contribution < -0.4 is 5.32 Å². The minimum absolute atomic E-state index is 0.0909. The summed E-state index contributed by atoms with van der Waals surface area (Å²) < 4.78 is 52.1. The summed E-state index contributed by atoms with van der Waals surface area (Å²) in [6.07, 6.45) is -0.860. The van der Waals surface area contributed by atoms with Crippen LogP contribution in [0.1, 0.15) is 20.8 Å². The Hall–Kier alpha value is -1.70. The number of rotatable bonds is 2. The summed E-state index contributed by atoms with van der Waals surface area (Å²) in [4.78, 5) is 10.3. The molecule has 0 spiro atoms. The highest BCUT2D eigenvalue weighted by atomic mass is 32.3. The average molecular weight is 293 g/mol. The van der Waals surface area contributed by atoms with Gasteiger partial charge in [-0.3, -0.25) is 5.32 Å². The molecule has 5 nitrogen and oxygen atoms in total. The summed E-state index contributed by atoms with van der Waals surface area (Å²) >= 11 is 0. The molecule has 0 heterocycles. The molecular weight excluding hydrogens is 280 g/mol. The van der Waals surface area contributed by atoms with E-state index in [0.29, 0.717) is 6.07 Å². The fourth-order valence-electron chi connectivity index (χ4n) is 1.19. The van der Waals surface area contributed by atoms with Crippen molar-refractivity contribution in [3.8, 4) is 0 Å². The smallest absolute Gasteiger partial charge is 0.412 e. The number of hydrogen-bond donors (Lipinski definition) is 1. The van der Waals surface area contributed by atoms with Gasteiger partial charge in [0, 0.05) is 5.69 Å². The third-order valence-corrected chi connectivity index (χ3v) is 2.68. The Bertz CT molecular complexity index is 593. The molecule has 0 saturated carbocycles. The third kappa shape index (κ3) is 4.82. The molecule has 0 fully saturated rings. The standard InChI is InChI=1S/C11H13F2NO4S/c1-11(2,3)18-10(15)14-7-4-5-8(12)9(6-7)19(13,16)17/h4-6H,1-3H3,(H,14,15). The lowest BCUT2D eigenvalue weighted by molar-refractivity contribution is 0.0636. The second kappa shape index (κ2) is 5.12. The highest BCUT2D eigenvalue weighted by molar-refractivity contribution is 7.86. The summed E-state index contributed by atoms with van der Waals surface area (Å²) in [7, 11) is -5.19. The largest absolute Gasteiger partial charge is 0.444 e. The zero-order chi connectivity index (χ0) is 14.8. The fourth-order valence-corrected chi connectivity index (χ4v) is 1.76. The minimum atomic E-state index is -5.19. The quantitative estimate of drug-likeness (QED) is 0.851. The van der Waals surface area contributed by atoms with Crippen molar-refractivity contribution >= 4 is 22.0 Å². The highest BCUT2D eigenvalue weighted by Crippen LogP contribution is 2.21. The monoisotopic (exact) mass is 293 g/mol. The highest BCUT2D eigenvalue weighted by Gasteiger charge is 2.20. The lowest BCUT2D eigenvalue weighted by Gasteiger charge is -2.19. The molecule has 1 aromatic carbocycles. The number of ether oxygens (including phenoxy) is 1. The first-order valence-corrected chi connectivity index (χ1v) is 6.61. The average Bonchev–Trinajstić information content (AvgIpc) is 2.16. The number of anilines is 1. The van der Waals surface area contributed by atoms with Gasteiger partial charge in [-0.05, 0) is 39.0 Å². The maximum absolute atomic E-state index is 13.1. The predicted molar refractivity (Wildman–Crippen MR) is 64.6 cm³/mol. The van der Waals surface area contributed by atoms with Gasteiger partial charge < -0.3 is 4.74 Å². The van der Waals surface area contributed by atoms with E-state index in [1.54, 1.807) is 20.8 Å². The van der Waals surface area contributed by atoms with Crippen LogP contribution in [0.4, 0.5) is 18.8 Å². The van der Waals surface area contributed by atoms with Gasteiger partial charge in [-0.15, -0.1) is 3.89 Å². The van der Waals surface area contributed by atoms with Crippen LogP contribution in [0.3, 0.4) is 0 Å². The molecule has 0 aliphatic heterocycles. The van der Waals surface area contributed by atoms with Gasteiger partial charge in [0.05, 0.1) is 0 Å². The molecule has 1 N–H and O–H groups in total. The first kappa shape index (κ1) is 15.4. The number of halogens is 2. The lowest BCUT2D eigenvalue weighted by atomic mass is 10.2. The zero-order valence-corrected chi connectivity index (χ0v) is 11.3. The van der Waals surface area contributed by atoms with Gasteiger partial charge in [0.2, 0.25) is 0 Å². The number of carbonyl (C=O) groups is 1. The van der Waals surface area contributed by atoms with Gasteiger partial charge in [0.15, 0.2) is 0 Å². The number of nitrogens with one attached hydrogen (secondary N) is 1. The second-order valence-electron chi connectivity index (χ2n) is 4.71. The molecule has 1 amide bonds. The first-order valence-electron chi connectivity index (χ1n) is 5.23. The molecular formula is C11H13F2NO4S. The van der Waals surface area contributed by atoms with Crippen molar-refractivity contribution in [2.45, 2.75) is 31.3 Å². The van der Waals surface area contributed by atoms with Crippen LogP contribution in [-0.2, 0) is 15.0 Å². The van der Waals surface area contributed by atoms with Gasteiger partial charge in [0.25, 0.3) is 0 Å². The second-order valence-corrected chi connectivity index (χ2v) is 6.03. The Labute approximate surface area is 109 Å². The Morgan fingerprint density at radius 2 is 1.89 bits per heavy atom. The molecule has 0 atom stereocenters. The van der Waals surface area contributed by atoms with E-state index in [0.717, 1.165) is 12.1 Å². The van der Waals surface area contributed by atoms with Gasteiger partial charge >= 0.3 is 16.3 Å².